The molecule has 1 amide bonds. The van der Waals surface area contributed by atoms with Crippen molar-refractivity contribution >= 4 is 34.2 Å². The third-order valence-corrected chi connectivity index (χ3v) is 4.48. The van der Waals surface area contributed by atoms with Crippen LogP contribution < -0.4 is 9.64 Å². The molecule has 10 nitrogen and oxygen atoms in total. The summed E-state index contributed by atoms with van der Waals surface area (Å²) in [5, 5.41) is 12.1. The Morgan fingerprint density at radius 2 is 1.91 bits per heavy atom. The number of carbonyl (C=O) groups is 1. The van der Waals surface area contributed by atoms with Crippen LogP contribution in [0.25, 0.3) is 10.9 Å². The second-order valence-corrected chi connectivity index (χ2v) is 8.29. The van der Waals surface area contributed by atoms with Crippen LogP contribution >= 0.6 is 0 Å². The summed E-state index contributed by atoms with van der Waals surface area (Å²) in [6.07, 6.45) is 0.617. The van der Waals surface area contributed by atoms with Gasteiger partial charge in [-0.15, -0.1) is 0 Å². The first-order valence-corrected chi connectivity index (χ1v) is 10.3. The van der Waals surface area contributed by atoms with E-state index < -0.39 is 16.6 Å². The summed E-state index contributed by atoms with van der Waals surface area (Å²) < 4.78 is 16.1. The molecule has 3 aromatic rings. The lowest BCUT2D eigenvalue weighted by Gasteiger charge is -2.27. The van der Waals surface area contributed by atoms with E-state index in [1.165, 1.54) is 30.5 Å². The van der Waals surface area contributed by atoms with Gasteiger partial charge >= 0.3 is 11.8 Å². The van der Waals surface area contributed by atoms with E-state index >= 15 is 0 Å². The molecule has 0 radical (unpaired) electrons. The van der Waals surface area contributed by atoms with E-state index in [9.17, 15) is 14.9 Å². The first-order valence-electron chi connectivity index (χ1n) is 10.3. The second-order valence-electron chi connectivity index (χ2n) is 8.29. The van der Waals surface area contributed by atoms with Crippen LogP contribution in [0.3, 0.4) is 0 Å². The maximum atomic E-state index is 13.2. The molecule has 1 aromatic heterocycles. The van der Waals surface area contributed by atoms with Crippen LogP contribution in [-0.2, 0) is 9.47 Å². The van der Waals surface area contributed by atoms with E-state index in [4.69, 9.17) is 14.2 Å². The van der Waals surface area contributed by atoms with Crippen molar-refractivity contribution < 1.29 is 23.9 Å². The summed E-state index contributed by atoms with van der Waals surface area (Å²) in [7, 11) is 1.51. The molecular weight excluding hydrogens is 428 g/mol. The zero-order valence-electron chi connectivity index (χ0n) is 19.2. The average molecular weight is 454 g/mol. The summed E-state index contributed by atoms with van der Waals surface area (Å²) in [6.45, 7) is 7.56. The molecule has 0 aliphatic carbocycles. The van der Waals surface area contributed by atoms with Gasteiger partial charge in [0.15, 0.2) is 11.6 Å². The maximum Gasteiger partial charge on any atom is 0.420 e. The van der Waals surface area contributed by atoms with Crippen molar-refractivity contribution in [3.63, 3.8) is 0 Å². The van der Waals surface area contributed by atoms with Crippen LogP contribution in [0.1, 0.15) is 26.3 Å². The third-order valence-electron chi connectivity index (χ3n) is 4.48. The van der Waals surface area contributed by atoms with Crippen molar-refractivity contribution in [2.24, 2.45) is 0 Å². The standard InChI is InChI=1S/C23H26N4O6/c1-15-7-6-8-16(11-15)26(22(28)33-23(2,3)4)21-17-12-19(27(29)30)20(32-10-9-31-5)13-18(17)24-14-25-21/h6-8,11-14H,9-10H2,1-5H3. The molecule has 0 aliphatic heterocycles. The van der Waals surface area contributed by atoms with Crippen LogP contribution in [0.2, 0.25) is 0 Å². The molecule has 0 fully saturated rings. The minimum absolute atomic E-state index is 0.0496. The van der Waals surface area contributed by atoms with E-state index in [0.717, 1.165) is 5.56 Å². The summed E-state index contributed by atoms with van der Waals surface area (Å²) in [4.78, 5) is 34.3. The van der Waals surface area contributed by atoms with Gasteiger partial charge < -0.3 is 14.2 Å². The molecule has 10 heteroatoms. The number of nitro groups is 1. The van der Waals surface area contributed by atoms with Gasteiger partial charge in [0.1, 0.15) is 18.5 Å². The number of benzene rings is 2. The van der Waals surface area contributed by atoms with Gasteiger partial charge in [-0.25, -0.2) is 19.7 Å². The number of rotatable bonds is 7. The lowest BCUT2D eigenvalue weighted by Crippen LogP contribution is -2.34. The van der Waals surface area contributed by atoms with Crippen LogP contribution in [0.4, 0.5) is 22.0 Å². The fourth-order valence-corrected chi connectivity index (χ4v) is 3.12. The molecule has 0 aliphatic rings. The Morgan fingerprint density at radius 3 is 2.55 bits per heavy atom. The highest BCUT2D eigenvalue weighted by Gasteiger charge is 2.29. The number of hydrogen-bond donors (Lipinski definition) is 0. The van der Waals surface area contributed by atoms with Crippen molar-refractivity contribution in [1.29, 1.82) is 0 Å². The molecule has 0 unspecified atom stereocenters. The van der Waals surface area contributed by atoms with E-state index in [-0.39, 0.29) is 30.5 Å². The van der Waals surface area contributed by atoms with Crippen molar-refractivity contribution in [1.82, 2.24) is 9.97 Å². The molecule has 1 heterocycles. The number of aromatic nitrogens is 2. The van der Waals surface area contributed by atoms with Crippen LogP contribution in [0.15, 0.2) is 42.7 Å². The number of carbonyl (C=O) groups excluding carboxylic acids is 1. The number of methoxy groups -OCH3 is 1. The van der Waals surface area contributed by atoms with Crippen molar-refractivity contribution in [2.45, 2.75) is 33.3 Å². The Hall–Kier alpha value is -3.79. The molecule has 2 aromatic carbocycles. The predicted octanol–water partition coefficient (Wildman–Crippen LogP) is 4.94. The number of anilines is 2. The molecule has 0 bridgehead atoms. The molecule has 0 N–H and O–H groups in total. The summed E-state index contributed by atoms with van der Waals surface area (Å²) >= 11 is 0. The minimum Gasteiger partial charge on any atom is -0.484 e. The minimum atomic E-state index is -0.768. The van der Waals surface area contributed by atoms with Gasteiger partial charge in [-0.2, -0.15) is 0 Å². The number of ether oxygens (including phenoxy) is 3. The first-order chi connectivity index (χ1) is 15.6. The number of amides is 1. The molecule has 0 saturated heterocycles. The van der Waals surface area contributed by atoms with Gasteiger partial charge in [-0.3, -0.25) is 10.1 Å². The average Bonchev–Trinajstić information content (AvgIpc) is 2.72. The second kappa shape index (κ2) is 9.78. The Kier molecular flexibility index (Phi) is 7.07. The van der Waals surface area contributed by atoms with Crippen LogP contribution in [0.5, 0.6) is 5.75 Å². The number of fused-ring (bicyclic) bond motifs is 1. The highest BCUT2D eigenvalue weighted by atomic mass is 16.6. The number of hydrogen-bond acceptors (Lipinski definition) is 8. The number of aryl methyl sites for hydroxylation is 1. The zero-order chi connectivity index (χ0) is 24.2. The Balaban J connectivity index is 2.21. The summed E-state index contributed by atoms with van der Waals surface area (Å²) in [5.74, 6) is 0.208. The Bertz CT molecular complexity index is 1180. The predicted molar refractivity (Wildman–Crippen MR) is 123 cm³/mol. The largest absolute Gasteiger partial charge is 0.484 e. The highest BCUT2D eigenvalue weighted by molar-refractivity contribution is 6.04. The van der Waals surface area contributed by atoms with E-state index in [1.807, 2.05) is 13.0 Å². The van der Waals surface area contributed by atoms with Gasteiger partial charge in [-0.1, -0.05) is 12.1 Å². The normalized spacial score (nSPS) is 11.3. The SMILES string of the molecule is COCCOc1cc2ncnc(N(C(=O)OC(C)(C)C)c3cccc(C)c3)c2cc1[N+](=O)[O-]. The molecule has 174 valence electrons. The quantitative estimate of drug-likeness (QED) is 0.280. The number of nitrogens with zero attached hydrogens (tertiary/aromatic N) is 4. The monoisotopic (exact) mass is 454 g/mol. The lowest BCUT2D eigenvalue weighted by atomic mass is 10.1. The summed E-state index contributed by atoms with van der Waals surface area (Å²) in [6, 6.07) is 9.99. The van der Waals surface area contributed by atoms with E-state index in [1.54, 1.807) is 39.0 Å². The van der Waals surface area contributed by atoms with Gasteiger partial charge in [-0.05, 0) is 45.4 Å². The maximum absolute atomic E-state index is 13.2. The van der Waals surface area contributed by atoms with Crippen molar-refractivity contribution in [3.8, 4) is 5.75 Å². The van der Waals surface area contributed by atoms with E-state index in [0.29, 0.717) is 16.6 Å². The number of nitro benzene ring substituents is 1. The molecule has 0 saturated carbocycles. The van der Waals surface area contributed by atoms with Crippen LogP contribution in [0, 0.1) is 17.0 Å². The fourth-order valence-electron chi connectivity index (χ4n) is 3.12. The Morgan fingerprint density at radius 1 is 1.15 bits per heavy atom. The molecule has 33 heavy (non-hydrogen) atoms. The molecule has 0 atom stereocenters. The van der Waals surface area contributed by atoms with Crippen LogP contribution in [-0.4, -0.2) is 46.9 Å². The van der Waals surface area contributed by atoms with E-state index in [2.05, 4.69) is 9.97 Å². The smallest absolute Gasteiger partial charge is 0.420 e. The topological polar surface area (TPSA) is 117 Å². The molecule has 3 rings (SSSR count). The zero-order valence-corrected chi connectivity index (χ0v) is 19.2. The molecular formula is C23H26N4O6. The summed E-state index contributed by atoms with van der Waals surface area (Å²) in [5.41, 5.74) is 0.755. The third kappa shape index (κ3) is 5.72. The molecule has 0 spiro atoms. The fraction of sp³-hybridized carbons (Fsp3) is 0.348. The highest BCUT2D eigenvalue weighted by Crippen LogP contribution is 2.37. The van der Waals surface area contributed by atoms with Gasteiger partial charge in [0.25, 0.3) is 0 Å². The first kappa shape index (κ1) is 23.9. The van der Waals surface area contributed by atoms with Gasteiger partial charge in [0.2, 0.25) is 0 Å². The Labute approximate surface area is 191 Å². The van der Waals surface area contributed by atoms with Gasteiger partial charge in [0, 0.05) is 19.2 Å². The lowest BCUT2D eigenvalue weighted by molar-refractivity contribution is -0.385. The van der Waals surface area contributed by atoms with Crippen molar-refractivity contribution in [3.05, 3.63) is 58.4 Å². The van der Waals surface area contributed by atoms with Crippen molar-refractivity contribution in [2.75, 3.05) is 25.2 Å². The van der Waals surface area contributed by atoms with Gasteiger partial charge in [0.05, 0.1) is 28.1 Å².